The molecule has 1 rings (SSSR count). The van der Waals surface area contributed by atoms with Gasteiger partial charge in [0.1, 0.15) is 6.04 Å². The van der Waals surface area contributed by atoms with E-state index in [0.717, 1.165) is 0 Å². The van der Waals surface area contributed by atoms with Gasteiger partial charge in [-0.15, -0.1) is 0 Å². The number of hydrogen-bond donors (Lipinski definition) is 3. The molecule has 0 aliphatic carbocycles. The Labute approximate surface area is 105 Å². The molecule has 0 aliphatic rings. The molecule has 0 spiro atoms. The summed E-state index contributed by atoms with van der Waals surface area (Å²) in [6.45, 7) is 3.41. The molecule has 1 amide bonds. The molecule has 6 heteroatoms. The molecule has 0 radical (unpaired) electrons. The molecule has 1 aromatic carbocycles. The van der Waals surface area contributed by atoms with Crippen molar-refractivity contribution in [2.75, 3.05) is 12.3 Å². The molecular weight excluding hydrogens is 236 g/mol. The normalized spacial score (nSPS) is 11.7. The zero-order valence-corrected chi connectivity index (χ0v) is 10.3. The number of para-hydroxylation sites is 1. The highest BCUT2D eigenvalue weighted by molar-refractivity contribution is 6.00. The maximum Gasteiger partial charge on any atom is 0.328 e. The van der Waals surface area contributed by atoms with Crippen molar-refractivity contribution < 1.29 is 19.4 Å². The van der Waals surface area contributed by atoms with Gasteiger partial charge in [0.15, 0.2) is 5.75 Å². The van der Waals surface area contributed by atoms with Crippen LogP contribution in [0, 0.1) is 0 Å². The molecule has 0 saturated heterocycles. The first-order valence-electron chi connectivity index (χ1n) is 5.52. The number of carbonyl (C=O) groups is 2. The summed E-state index contributed by atoms with van der Waals surface area (Å²) in [6.07, 6.45) is 0. The fraction of sp³-hybridized carbons (Fsp3) is 0.333. The predicted molar refractivity (Wildman–Crippen MR) is 66.1 cm³/mol. The SMILES string of the molecule is CCOC(=O)C(C)NC(=O)c1cccc(N)c1O. The van der Waals surface area contributed by atoms with Gasteiger partial charge in [0, 0.05) is 0 Å². The van der Waals surface area contributed by atoms with Crippen molar-refractivity contribution in [3.63, 3.8) is 0 Å². The van der Waals surface area contributed by atoms with Gasteiger partial charge in [0.25, 0.3) is 5.91 Å². The Kier molecular flexibility index (Phi) is 4.53. The van der Waals surface area contributed by atoms with E-state index in [2.05, 4.69) is 5.32 Å². The minimum absolute atomic E-state index is 0.0196. The number of phenolic OH excluding ortho intramolecular Hbond substituents is 1. The van der Waals surface area contributed by atoms with Gasteiger partial charge in [-0.3, -0.25) is 4.79 Å². The fourth-order valence-corrected chi connectivity index (χ4v) is 1.35. The van der Waals surface area contributed by atoms with Gasteiger partial charge in [-0.05, 0) is 26.0 Å². The van der Waals surface area contributed by atoms with Crippen LogP contribution in [0.3, 0.4) is 0 Å². The highest BCUT2D eigenvalue weighted by atomic mass is 16.5. The fourth-order valence-electron chi connectivity index (χ4n) is 1.35. The van der Waals surface area contributed by atoms with Crippen LogP contribution in [-0.2, 0) is 9.53 Å². The number of carbonyl (C=O) groups excluding carboxylic acids is 2. The maximum absolute atomic E-state index is 11.8. The van der Waals surface area contributed by atoms with Crippen LogP contribution in [-0.4, -0.2) is 29.6 Å². The number of phenols is 1. The second-order valence-electron chi connectivity index (χ2n) is 3.69. The lowest BCUT2D eigenvalue weighted by atomic mass is 10.1. The summed E-state index contributed by atoms with van der Waals surface area (Å²) < 4.78 is 4.75. The van der Waals surface area contributed by atoms with Crippen molar-refractivity contribution in [3.05, 3.63) is 23.8 Å². The molecule has 1 unspecified atom stereocenters. The Morgan fingerprint density at radius 1 is 1.50 bits per heavy atom. The van der Waals surface area contributed by atoms with Crippen LogP contribution in [0.5, 0.6) is 5.75 Å². The summed E-state index contributed by atoms with van der Waals surface area (Å²) in [5.41, 5.74) is 5.60. The highest BCUT2D eigenvalue weighted by Gasteiger charge is 2.19. The average Bonchev–Trinajstić information content (AvgIpc) is 2.32. The van der Waals surface area contributed by atoms with Crippen LogP contribution in [0.15, 0.2) is 18.2 Å². The van der Waals surface area contributed by atoms with Crippen molar-refractivity contribution in [2.24, 2.45) is 0 Å². The number of nitrogens with two attached hydrogens (primary N) is 1. The first-order valence-corrected chi connectivity index (χ1v) is 5.52. The predicted octanol–water partition coefficient (Wildman–Crippen LogP) is 0.656. The summed E-state index contributed by atoms with van der Waals surface area (Å²) >= 11 is 0. The second-order valence-corrected chi connectivity index (χ2v) is 3.69. The van der Waals surface area contributed by atoms with E-state index >= 15 is 0 Å². The molecule has 0 heterocycles. The molecule has 6 nitrogen and oxygen atoms in total. The number of amides is 1. The number of rotatable bonds is 4. The first-order chi connectivity index (χ1) is 8.47. The molecule has 0 aliphatic heterocycles. The number of benzene rings is 1. The maximum atomic E-state index is 11.8. The van der Waals surface area contributed by atoms with Crippen LogP contribution >= 0.6 is 0 Å². The Morgan fingerprint density at radius 3 is 2.78 bits per heavy atom. The van der Waals surface area contributed by atoms with E-state index in [4.69, 9.17) is 10.5 Å². The third-order valence-electron chi connectivity index (χ3n) is 2.30. The van der Waals surface area contributed by atoms with Crippen LogP contribution in [0.4, 0.5) is 5.69 Å². The lowest BCUT2D eigenvalue weighted by molar-refractivity contribution is -0.144. The number of hydrogen-bond acceptors (Lipinski definition) is 5. The summed E-state index contributed by atoms with van der Waals surface area (Å²) in [6, 6.07) is 3.64. The molecule has 0 aromatic heterocycles. The van der Waals surface area contributed by atoms with E-state index in [1.807, 2.05) is 0 Å². The first kappa shape index (κ1) is 13.8. The van der Waals surface area contributed by atoms with Crippen molar-refractivity contribution in [3.8, 4) is 5.75 Å². The van der Waals surface area contributed by atoms with Crippen LogP contribution in [0.25, 0.3) is 0 Å². The molecule has 0 saturated carbocycles. The smallest absolute Gasteiger partial charge is 0.328 e. The average molecular weight is 252 g/mol. The molecular formula is C12H16N2O4. The van der Waals surface area contributed by atoms with Gasteiger partial charge in [-0.25, -0.2) is 4.79 Å². The molecule has 0 fully saturated rings. The van der Waals surface area contributed by atoms with Crippen molar-refractivity contribution >= 4 is 17.6 Å². The largest absolute Gasteiger partial charge is 0.505 e. The number of aromatic hydroxyl groups is 1. The van der Waals surface area contributed by atoms with Crippen molar-refractivity contribution in [1.29, 1.82) is 0 Å². The third kappa shape index (κ3) is 3.13. The minimum Gasteiger partial charge on any atom is -0.505 e. The van der Waals surface area contributed by atoms with Crippen molar-refractivity contribution in [1.82, 2.24) is 5.32 Å². The Balaban J connectivity index is 2.77. The van der Waals surface area contributed by atoms with E-state index in [9.17, 15) is 14.7 Å². The quantitative estimate of drug-likeness (QED) is 0.415. The number of nitrogens with one attached hydrogen (secondary N) is 1. The zero-order chi connectivity index (χ0) is 13.7. The molecule has 98 valence electrons. The Morgan fingerprint density at radius 2 is 2.17 bits per heavy atom. The monoisotopic (exact) mass is 252 g/mol. The summed E-state index contributed by atoms with van der Waals surface area (Å²) in [5.74, 6) is -1.42. The summed E-state index contributed by atoms with van der Waals surface area (Å²) in [5, 5.41) is 12.0. The molecule has 0 bridgehead atoms. The zero-order valence-electron chi connectivity index (χ0n) is 10.3. The molecule has 18 heavy (non-hydrogen) atoms. The molecule has 1 aromatic rings. The molecule has 4 N–H and O–H groups in total. The van der Waals surface area contributed by atoms with Gasteiger partial charge >= 0.3 is 5.97 Å². The Hall–Kier alpha value is -2.24. The number of anilines is 1. The van der Waals surface area contributed by atoms with Gasteiger partial charge in [-0.1, -0.05) is 6.07 Å². The van der Waals surface area contributed by atoms with E-state index in [1.165, 1.54) is 19.1 Å². The minimum atomic E-state index is -0.793. The third-order valence-corrected chi connectivity index (χ3v) is 2.30. The summed E-state index contributed by atoms with van der Waals surface area (Å²) in [7, 11) is 0. The van der Waals surface area contributed by atoms with Gasteiger partial charge < -0.3 is 20.9 Å². The lowest BCUT2D eigenvalue weighted by Gasteiger charge is -2.13. The second kappa shape index (κ2) is 5.90. The topological polar surface area (TPSA) is 102 Å². The van der Waals surface area contributed by atoms with E-state index < -0.39 is 17.9 Å². The van der Waals surface area contributed by atoms with E-state index in [1.54, 1.807) is 13.0 Å². The number of nitrogen functional groups attached to an aromatic ring is 1. The number of ether oxygens (including phenoxy) is 1. The van der Waals surface area contributed by atoms with E-state index in [0.29, 0.717) is 0 Å². The lowest BCUT2D eigenvalue weighted by Crippen LogP contribution is -2.39. The Bertz CT molecular complexity index is 459. The van der Waals surface area contributed by atoms with Gasteiger partial charge in [-0.2, -0.15) is 0 Å². The highest BCUT2D eigenvalue weighted by Crippen LogP contribution is 2.24. The van der Waals surface area contributed by atoms with Crippen molar-refractivity contribution in [2.45, 2.75) is 19.9 Å². The molecule has 1 atom stereocenters. The van der Waals surface area contributed by atoms with E-state index in [-0.39, 0.29) is 23.6 Å². The van der Waals surface area contributed by atoms with Crippen LogP contribution in [0.2, 0.25) is 0 Å². The van der Waals surface area contributed by atoms with Gasteiger partial charge in [0.2, 0.25) is 0 Å². The standard InChI is InChI=1S/C12H16N2O4/c1-3-18-12(17)7(2)14-11(16)8-5-4-6-9(13)10(8)15/h4-7,15H,3,13H2,1-2H3,(H,14,16). The van der Waals surface area contributed by atoms with Crippen LogP contribution < -0.4 is 11.1 Å². The van der Waals surface area contributed by atoms with Gasteiger partial charge in [0.05, 0.1) is 17.9 Å². The van der Waals surface area contributed by atoms with Crippen LogP contribution in [0.1, 0.15) is 24.2 Å². The number of esters is 1. The summed E-state index contributed by atoms with van der Waals surface area (Å²) in [4.78, 5) is 23.1.